The normalized spacial score (nSPS) is 19.2. The summed E-state index contributed by atoms with van der Waals surface area (Å²) in [7, 11) is 2.06. The van der Waals surface area contributed by atoms with E-state index in [0.29, 0.717) is 6.42 Å². The van der Waals surface area contributed by atoms with Gasteiger partial charge in [-0.25, -0.2) is 0 Å². The number of hydrogen-bond donors (Lipinski definition) is 1. The summed E-state index contributed by atoms with van der Waals surface area (Å²) in [5.74, 6) is 0.275. The summed E-state index contributed by atoms with van der Waals surface area (Å²) in [6.45, 7) is 3.41. The highest BCUT2D eigenvalue weighted by atomic mass is 16.3. The molecule has 0 unspecified atom stereocenters. The molecule has 1 N–H and O–H groups in total. The second-order valence-corrected chi connectivity index (χ2v) is 5.33. The number of Topliss-reactive ketones (excluding diaryl/α,β-unsaturated/α-hetero) is 1. The molecule has 3 nitrogen and oxygen atoms in total. The van der Waals surface area contributed by atoms with Crippen molar-refractivity contribution in [1.29, 1.82) is 0 Å². The first-order chi connectivity index (χ1) is 7.52. The van der Waals surface area contributed by atoms with Gasteiger partial charge in [-0.15, -0.1) is 0 Å². The molecule has 1 saturated carbocycles. The van der Waals surface area contributed by atoms with Crippen molar-refractivity contribution in [3.05, 3.63) is 0 Å². The number of rotatable bonds is 7. The summed E-state index contributed by atoms with van der Waals surface area (Å²) in [4.78, 5) is 13.0. The number of carbonyl (C=O) groups is 1. The van der Waals surface area contributed by atoms with Crippen molar-refractivity contribution in [2.24, 2.45) is 0 Å². The number of nitrogens with zero attached hydrogens (tertiary/aromatic N) is 1. The minimum Gasteiger partial charge on any atom is -0.389 e. The predicted molar refractivity (Wildman–Crippen MR) is 65.4 cm³/mol. The number of hydrogen-bond acceptors (Lipinski definition) is 3. The lowest BCUT2D eigenvalue weighted by atomic mass is 10.0. The molecule has 16 heavy (non-hydrogen) atoms. The first kappa shape index (κ1) is 13.7. The summed E-state index contributed by atoms with van der Waals surface area (Å²) >= 11 is 0. The van der Waals surface area contributed by atoms with Crippen LogP contribution in [0.4, 0.5) is 0 Å². The summed E-state index contributed by atoms with van der Waals surface area (Å²) in [6.07, 6.45) is 6.93. The molecule has 1 rings (SSSR count). The highest BCUT2D eigenvalue weighted by Gasteiger charge is 2.31. The molecule has 0 radical (unpaired) electrons. The molecule has 0 saturated heterocycles. The van der Waals surface area contributed by atoms with E-state index in [0.717, 1.165) is 51.6 Å². The van der Waals surface area contributed by atoms with Crippen molar-refractivity contribution >= 4 is 5.78 Å². The van der Waals surface area contributed by atoms with E-state index in [9.17, 15) is 9.90 Å². The van der Waals surface area contributed by atoms with E-state index in [1.807, 2.05) is 0 Å². The fourth-order valence-electron chi connectivity index (χ4n) is 2.53. The molecular weight excluding hydrogens is 202 g/mol. The Morgan fingerprint density at radius 3 is 2.50 bits per heavy atom. The Labute approximate surface area is 98.8 Å². The van der Waals surface area contributed by atoms with Crippen LogP contribution in [-0.2, 0) is 4.79 Å². The summed E-state index contributed by atoms with van der Waals surface area (Å²) in [5, 5.41) is 10.2. The van der Waals surface area contributed by atoms with Gasteiger partial charge in [-0.1, -0.05) is 12.8 Å². The Kier molecular flexibility index (Phi) is 5.42. The third-order valence-electron chi connectivity index (χ3n) is 3.42. The minimum atomic E-state index is -0.435. The average Bonchev–Trinajstić information content (AvgIpc) is 2.59. The van der Waals surface area contributed by atoms with Crippen molar-refractivity contribution in [1.82, 2.24) is 4.90 Å². The standard InChI is InChI=1S/C13H25NO2/c1-12(15)7-3-6-10-14(2)11-13(16)8-4-5-9-13/h16H,3-11H2,1-2H3. The molecule has 3 heteroatoms. The van der Waals surface area contributed by atoms with Crippen LogP contribution >= 0.6 is 0 Å². The van der Waals surface area contributed by atoms with E-state index in [-0.39, 0.29) is 5.78 Å². The van der Waals surface area contributed by atoms with E-state index < -0.39 is 5.60 Å². The molecular formula is C13H25NO2. The van der Waals surface area contributed by atoms with Crippen molar-refractivity contribution in [2.45, 2.75) is 57.5 Å². The number of likely N-dealkylation sites (N-methyl/N-ethyl adjacent to an activating group) is 1. The van der Waals surface area contributed by atoms with Gasteiger partial charge >= 0.3 is 0 Å². The van der Waals surface area contributed by atoms with Crippen LogP contribution in [0.1, 0.15) is 51.9 Å². The van der Waals surface area contributed by atoms with Crippen molar-refractivity contribution in [3.63, 3.8) is 0 Å². The van der Waals surface area contributed by atoms with Gasteiger partial charge in [0.2, 0.25) is 0 Å². The molecule has 0 atom stereocenters. The molecule has 0 aromatic heterocycles. The molecule has 0 aromatic rings. The first-order valence-electron chi connectivity index (χ1n) is 6.42. The van der Waals surface area contributed by atoms with E-state index in [1.165, 1.54) is 0 Å². The lowest BCUT2D eigenvalue weighted by Gasteiger charge is -2.28. The molecule has 94 valence electrons. The van der Waals surface area contributed by atoms with Gasteiger partial charge in [0.1, 0.15) is 5.78 Å². The third-order valence-corrected chi connectivity index (χ3v) is 3.42. The van der Waals surface area contributed by atoms with Gasteiger partial charge in [0.25, 0.3) is 0 Å². The molecule has 0 aliphatic heterocycles. The highest BCUT2D eigenvalue weighted by Crippen LogP contribution is 2.29. The monoisotopic (exact) mass is 227 g/mol. The Morgan fingerprint density at radius 2 is 1.94 bits per heavy atom. The average molecular weight is 227 g/mol. The van der Waals surface area contributed by atoms with E-state index in [1.54, 1.807) is 6.92 Å². The van der Waals surface area contributed by atoms with E-state index in [2.05, 4.69) is 11.9 Å². The lowest BCUT2D eigenvalue weighted by Crippen LogP contribution is -2.39. The van der Waals surface area contributed by atoms with Gasteiger partial charge in [0.15, 0.2) is 0 Å². The van der Waals surface area contributed by atoms with Gasteiger partial charge in [0, 0.05) is 13.0 Å². The molecule has 0 aromatic carbocycles. The van der Waals surface area contributed by atoms with Crippen LogP contribution < -0.4 is 0 Å². The zero-order valence-corrected chi connectivity index (χ0v) is 10.7. The maximum Gasteiger partial charge on any atom is 0.129 e. The van der Waals surface area contributed by atoms with Crippen LogP contribution in [-0.4, -0.2) is 41.5 Å². The fourth-order valence-corrected chi connectivity index (χ4v) is 2.53. The van der Waals surface area contributed by atoms with Gasteiger partial charge in [-0.3, -0.25) is 0 Å². The van der Waals surface area contributed by atoms with Gasteiger partial charge in [-0.2, -0.15) is 0 Å². The van der Waals surface area contributed by atoms with Crippen LogP contribution in [0.5, 0.6) is 0 Å². The quantitative estimate of drug-likeness (QED) is 0.676. The number of aliphatic hydroxyl groups is 1. The van der Waals surface area contributed by atoms with Crippen LogP contribution in [0.15, 0.2) is 0 Å². The first-order valence-corrected chi connectivity index (χ1v) is 6.42. The molecule has 1 aliphatic carbocycles. The van der Waals surface area contributed by atoms with Crippen LogP contribution in [0.2, 0.25) is 0 Å². The number of ketones is 1. The minimum absolute atomic E-state index is 0.275. The number of carbonyl (C=O) groups excluding carboxylic acids is 1. The van der Waals surface area contributed by atoms with E-state index in [4.69, 9.17) is 0 Å². The molecule has 0 heterocycles. The molecule has 0 amide bonds. The lowest BCUT2D eigenvalue weighted by molar-refractivity contribution is -0.117. The predicted octanol–water partition coefficient (Wildman–Crippen LogP) is 1.98. The SMILES string of the molecule is CC(=O)CCCCN(C)CC1(O)CCCC1. The van der Waals surface area contributed by atoms with Gasteiger partial charge < -0.3 is 14.8 Å². The Hall–Kier alpha value is -0.410. The zero-order chi connectivity index (χ0) is 12.0. The molecule has 0 bridgehead atoms. The highest BCUT2D eigenvalue weighted by molar-refractivity contribution is 5.75. The fraction of sp³-hybridized carbons (Fsp3) is 0.923. The van der Waals surface area contributed by atoms with Crippen molar-refractivity contribution in [3.8, 4) is 0 Å². The molecule has 1 aliphatic rings. The van der Waals surface area contributed by atoms with Crippen LogP contribution in [0, 0.1) is 0 Å². The second-order valence-electron chi connectivity index (χ2n) is 5.33. The topological polar surface area (TPSA) is 40.5 Å². The molecule has 0 spiro atoms. The van der Waals surface area contributed by atoms with Crippen molar-refractivity contribution in [2.75, 3.05) is 20.1 Å². The summed E-state index contributed by atoms with van der Waals surface area (Å²) in [6, 6.07) is 0. The second kappa shape index (κ2) is 6.36. The van der Waals surface area contributed by atoms with Gasteiger partial charge in [0.05, 0.1) is 5.60 Å². The maximum atomic E-state index is 10.8. The van der Waals surface area contributed by atoms with Crippen LogP contribution in [0.25, 0.3) is 0 Å². The van der Waals surface area contributed by atoms with Crippen LogP contribution in [0.3, 0.4) is 0 Å². The third kappa shape index (κ3) is 5.08. The van der Waals surface area contributed by atoms with E-state index >= 15 is 0 Å². The Balaban J connectivity index is 2.10. The van der Waals surface area contributed by atoms with Crippen molar-refractivity contribution < 1.29 is 9.90 Å². The number of unbranched alkanes of at least 4 members (excludes halogenated alkanes) is 1. The zero-order valence-electron chi connectivity index (χ0n) is 10.7. The Bertz CT molecular complexity index is 222. The largest absolute Gasteiger partial charge is 0.389 e. The summed E-state index contributed by atoms with van der Waals surface area (Å²) in [5.41, 5.74) is -0.435. The summed E-state index contributed by atoms with van der Waals surface area (Å²) < 4.78 is 0. The smallest absolute Gasteiger partial charge is 0.129 e. The Morgan fingerprint density at radius 1 is 1.31 bits per heavy atom. The molecule has 1 fully saturated rings. The maximum absolute atomic E-state index is 10.8. The van der Waals surface area contributed by atoms with Gasteiger partial charge in [-0.05, 0) is 46.2 Å².